The van der Waals surface area contributed by atoms with Crippen molar-refractivity contribution < 1.29 is 9.90 Å². The Balaban J connectivity index is 1.86. The molecule has 106 valence electrons. The van der Waals surface area contributed by atoms with Gasteiger partial charge in [0.05, 0.1) is 12.1 Å². The summed E-state index contributed by atoms with van der Waals surface area (Å²) in [7, 11) is 0. The number of hydrogen-bond donors (Lipinski definition) is 1. The number of ketones is 1. The third kappa shape index (κ3) is 2.68. The van der Waals surface area contributed by atoms with Crippen LogP contribution in [0.5, 0.6) is 0 Å². The van der Waals surface area contributed by atoms with Gasteiger partial charge in [0.1, 0.15) is 12.1 Å². The van der Waals surface area contributed by atoms with Gasteiger partial charge in [-0.2, -0.15) is 0 Å². The molecule has 0 bridgehead atoms. The summed E-state index contributed by atoms with van der Waals surface area (Å²) in [5, 5.41) is 17.2. The summed E-state index contributed by atoms with van der Waals surface area (Å²) in [6.07, 6.45) is 0. The average molecular weight is 281 g/mol. The summed E-state index contributed by atoms with van der Waals surface area (Å²) >= 11 is 0. The highest BCUT2D eigenvalue weighted by Crippen LogP contribution is 2.15. The fourth-order valence-corrected chi connectivity index (χ4v) is 2.26. The van der Waals surface area contributed by atoms with Gasteiger partial charge in [-0.15, -0.1) is 5.10 Å². The SMILES string of the molecule is Cc1ccc2c(c1)nnn2Cc1ccc(C(=O)CO)cc1. The molecule has 3 rings (SSSR count). The van der Waals surface area contributed by atoms with Crippen LogP contribution >= 0.6 is 0 Å². The zero-order valence-electron chi connectivity index (χ0n) is 11.7. The molecule has 0 aliphatic carbocycles. The van der Waals surface area contributed by atoms with E-state index in [2.05, 4.69) is 10.3 Å². The quantitative estimate of drug-likeness (QED) is 0.742. The number of aromatic nitrogens is 3. The molecular formula is C16H15N3O2. The molecule has 0 unspecified atom stereocenters. The Labute approximate surface area is 121 Å². The number of Topliss-reactive ketones (excluding diaryl/α,β-unsaturated/α-hetero) is 1. The summed E-state index contributed by atoms with van der Waals surface area (Å²) in [6.45, 7) is 2.15. The molecule has 21 heavy (non-hydrogen) atoms. The van der Waals surface area contributed by atoms with Crippen LogP contribution in [0.3, 0.4) is 0 Å². The minimum absolute atomic E-state index is 0.275. The van der Waals surface area contributed by atoms with Crippen molar-refractivity contribution in [2.75, 3.05) is 6.61 Å². The lowest BCUT2D eigenvalue weighted by Gasteiger charge is -2.04. The first-order valence-electron chi connectivity index (χ1n) is 6.70. The van der Waals surface area contributed by atoms with Crippen LogP contribution < -0.4 is 0 Å². The molecule has 5 heteroatoms. The molecule has 2 aromatic carbocycles. The monoisotopic (exact) mass is 281 g/mol. The highest BCUT2D eigenvalue weighted by Gasteiger charge is 2.07. The molecule has 0 fully saturated rings. The molecule has 0 radical (unpaired) electrons. The third-order valence-electron chi connectivity index (χ3n) is 3.42. The van der Waals surface area contributed by atoms with E-state index in [0.717, 1.165) is 22.2 Å². The standard InChI is InChI=1S/C16H15N3O2/c1-11-2-7-15-14(8-11)17-18-19(15)9-12-3-5-13(6-4-12)16(21)10-20/h2-8,20H,9-10H2,1H3. The molecular weight excluding hydrogens is 266 g/mol. The Morgan fingerprint density at radius 1 is 1.19 bits per heavy atom. The lowest BCUT2D eigenvalue weighted by molar-refractivity contribution is 0.0903. The zero-order valence-corrected chi connectivity index (χ0v) is 11.7. The van der Waals surface area contributed by atoms with Gasteiger partial charge in [-0.05, 0) is 30.2 Å². The van der Waals surface area contributed by atoms with Gasteiger partial charge >= 0.3 is 0 Å². The highest BCUT2D eigenvalue weighted by atomic mass is 16.3. The number of nitrogens with zero attached hydrogens (tertiary/aromatic N) is 3. The predicted octanol–water partition coefficient (Wildman–Crippen LogP) is 1.96. The van der Waals surface area contributed by atoms with Crippen LogP contribution in [-0.4, -0.2) is 32.5 Å². The van der Waals surface area contributed by atoms with Crippen LogP contribution in [0.4, 0.5) is 0 Å². The maximum Gasteiger partial charge on any atom is 0.188 e. The van der Waals surface area contributed by atoms with Gasteiger partial charge in [0.15, 0.2) is 5.78 Å². The van der Waals surface area contributed by atoms with E-state index in [1.54, 1.807) is 12.1 Å². The maximum absolute atomic E-state index is 11.4. The van der Waals surface area contributed by atoms with Crippen molar-refractivity contribution in [2.24, 2.45) is 0 Å². The summed E-state index contributed by atoms with van der Waals surface area (Å²) in [5.74, 6) is -0.275. The van der Waals surface area contributed by atoms with Crippen molar-refractivity contribution in [1.29, 1.82) is 0 Å². The molecule has 1 heterocycles. The summed E-state index contributed by atoms with van der Waals surface area (Å²) in [5.41, 5.74) is 4.55. The average Bonchev–Trinajstić information content (AvgIpc) is 2.89. The zero-order chi connectivity index (χ0) is 14.8. The molecule has 0 aliphatic rings. The molecule has 3 aromatic rings. The van der Waals surface area contributed by atoms with E-state index in [0.29, 0.717) is 12.1 Å². The second-order valence-corrected chi connectivity index (χ2v) is 5.02. The smallest absolute Gasteiger partial charge is 0.188 e. The molecule has 0 saturated carbocycles. The number of rotatable bonds is 4. The van der Waals surface area contributed by atoms with Gasteiger partial charge in [0.2, 0.25) is 0 Å². The topological polar surface area (TPSA) is 68.0 Å². The van der Waals surface area contributed by atoms with Crippen LogP contribution in [0.25, 0.3) is 11.0 Å². The van der Waals surface area contributed by atoms with Crippen LogP contribution in [0.15, 0.2) is 42.5 Å². The van der Waals surface area contributed by atoms with E-state index < -0.39 is 6.61 Å². The Morgan fingerprint density at radius 2 is 1.95 bits per heavy atom. The first kappa shape index (κ1) is 13.5. The van der Waals surface area contributed by atoms with Crippen molar-refractivity contribution in [3.05, 3.63) is 59.2 Å². The predicted molar refractivity (Wildman–Crippen MR) is 79.2 cm³/mol. The minimum Gasteiger partial charge on any atom is -0.388 e. The van der Waals surface area contributed by atoms with Crippen molar-refractivity contribution in [3.8, 4) is 0 Å². The second kappa shape index (κ2) is 5.46. The van der Waals surface area contributed by atoms with Crippen LogP contribution in [0.2, 0.25) is 0 Å². The number of aliphatic hydroxyl groups is 1. The maximum atomic E-state index is 11.4. The Morgan fingerprint density at radius 3 is 2.67 bits per heavy atom. The fourth-order valence-electron chi connectivity index (χ4n) is 2.26. The lowest BCUT2D eigenvalue weighted by atomic mass is 10.1. The molecule has 5 nitrogen and oxygen atoms in total. The van der Waals surface area contributed by atoms with Crippen LogP contribution in [0.1, 0.15) is 21.5 Å². The minimum atomic E-state index is -0.466. The molecule has 0 spiro atoms. The van der Waals surface area contributed by atoms with E-state index in [4.69, 9.17) is 5.11 Å². The number of benzene rings is 2. The summed E-state index contributed by atoms with van der Waals surface area (Å²) in [4.78, 5) is 11.4. The lowest BCUT2D eigenvalue weighted by Crippen LogP contribution is -2.05. The number of carbonyl (C=O) groups is 1. The van der Waals surface area contributed by atoms with E-state index in [9.17, 15) is 4.79 Å². The first-order chi connectivity index (χ1) is 10.2. The fraction of sp³-hybridized carbons (Fsp3) is 0.188. The Hall–Kier alpha value is -2.53. The molecule has 1 N–H and O–H groups in total. The van der Waals surface area contributed by atoms with E-state index in [1.165, 1.54) is 0 Å². The van der Waals surface area contributed by atoms with E-state index >= 15 is 0 Å². The molecule has 1 aromatic heterocycles. The summed E-state index contributed by atoms with van der Waals surface area (Å²) in [6, 6.07) is 13.2. The number of carbonyl (C=O) groups excluding carboxylic acids is 1. The van der Waals surface area contributed by atoms with Gasteiger partial charge < -0.3 is 5.11 Å². The van der Waals surface area contributed by atoms with Crippen molar-refractivity contribution in [1.82, 2.24) is 15.0 Å². The van der Waals surface area contributed by atoms with Gasteiger partial charge in [-0.3, -0.25) is 4.79 Å². The van der Waals surface area contributed by atoms with Crippen LogP contribution in [0, 0.1) is 6.92 Å². The molecule has 0 saturated heterocycles. The van der Waals surface area contributed by atoms with Gasteiger partial charge in [-0.25, -0.2) is 4.68 Å². The second-order valence-electron chi connectivity index (χ2n) is 5.02. The third-order valence-corrected chi connectivity index (χ3v) is 3.42. The number of aliphatic hydroxyl groups excluding tert-OH is 1. The van der Waals surface area contributed by atoms with Gasteiger partial charge in [0.25, 0.3) is 0 Å². The van der Waals surface area contributed by atoms with E-state index in [-0.39, 0.29) is 5.78 Å². The number of aryl methyl sites for hydroxylation is 1. The normalized spacial score (nSPS) is 11.0. The summed E-state index contributed by atoms with van der Waals surface area (Å²) < 4.78 is 1.83. The highest BCUT2D eigenvalue weighted by molar-refractivity contribution is 5.96. The van der Waals surface area contributed by atoms with Crippen molar-refractivity contribution in [3.63, 3.8) is 0 Å². The molecule has 0 atom stereocenters. The Kier molecular flexibility index (Phi) is 3.50. The Bertz CT molecular complexity index is 791. The number of hydrogen-bond acceptors (Lipinski definition) is 4. The van der Waals surface area contributed by atoms with Crippen LogP contribution in [-0.2, 0) is 6.54 Å². The van der Waals surface area contributed by atoms with Gasteiger partial charge in [-0.1, -0.05) is 35.5 Å². The largest absolute Gasteiger partial charge is 0.388 e. The first-order valence-corrected chi connectivity index (χ1v) is 6.70. The van der Waals surface area contributed by atoms with Crippen molar-refractivity contribution >= 4 is 16.8 Å². The van der Waals surface area contributed by atoms with Gasteiger partial charge in [0, 0.05) is 5.56 Å². The molecule has 0 amide bonds. The van der Waals surface area contributed by atoms with E-state index in [1.807, 2.05) is 41.9 Å². The number of fused-ring (bicyclic) bond motifs is 1. The molecule has 0 aliphatic heterocycles. The van der Waals surface area contributed by atoms with Crippen molar-refractivity contribution in [2.45, 2.75) is 13.5 Å².